The van der Waals surface area contributed by atoms with Crippen LogP contribution < -0.4 is 20.1 Å². The lowest BCUT2D eigenvalue weighted by molar-refractivity contribution is -0.122. The molecule has 7 nitrogen and oxygen atoms in total. The average molecular weight is 408 g/mol. The minimum absolute atomic E-state index is 0.0305. The zero-order valence-electron chi connectivity index (χ0n) is 15.1. The van der Waals surface area contributed by atoms with Crippen molar-refractivity contribution in [1.82, 2.24) is 15.6 Å². The highest BCUT2D eigenvalue weighted by Gasteiger charge is 2.09. The number of aromatic nitrogens is 1. The quantitative estimate of drug-likeness (QED) is 0.667. The average Bonchev–Trinajstić information content (AvgIpc) is 2.68. The van der Waals surface area contributed by atoms with Crippen LogP contribution in [-0.4, -0.2) is 37.1 Å². The van der Waals surface area contributed by atoms with Crippen molar-refractivity contribution in [3.05, 3.63) is 65.3 Å². The fraction of sp³-hybridized carbons (Fsp3) is 0.211. The molecule has 0 unspecified atom stereocenters. The Labute approximate surface area is 166 Å². The lowest BCUT2D eigenvalue weighted by Gasteiger charge is -2.10. The zero-order valence-corrected chi connectivity index (χ0v) is 15.9. The van der Waals surface area contributed by atoms with Gasteiger partial charge in [0.15, 0.2) is 6.61 Å². The first-order chi connectivity index (χ1) is 13.4. The number of halogens is 2. The van der Waals surface area contributed by atoms with Crippen LogP contribution in [0, 0.1) is 5.82 Å². The predicted octanol–water partition coefficient (Wildman–Crippen LogP) is 2.71. The molecule has 0 saturated carbocycles. The van der Waals surface area contributed by atoms with Crippen LogP contribution in [0.2, 0.25) is 5.02 Å². The van der Waals surface area contributed by atoms with Gasteiger partial charge in [-0.15, -0.1) is 0 Å². The third-order valence-electron chi connectivity index (χ3n) is 3.49. The van der Waals surface area contributed by atoms with Crippen molar-refractivity contribution < 1.29 is 23.5 Å². The molecule has 0 bridgehead atoms. The van der Waals surface area contributed by atoms with E-state index in [2.05, 4.69) is 22.2 Å². The lowest BCUT2D eigenvalue weighted by atomic mass is 10.3. The highest BCUT2D eigenvalue weighted by molar-refractivity contribution is 6.30. The molecular formula is C19H19ClFN3O4. The van der Waals surface area contributed by atoms with Gasteiger partial charge in [-0.25, -0.2) is 9.37 Å². The Morgan fingerprint density at radius 3 is 2.64 bits per heavy atom. The number of methoxy groups -OCH3 is 1. The number of rotatable bonds is 9. The summed E-state index contributed by atoms with van der Waals surface area (Å²) in [6, 6.07) is 7.06. The van der Waals surface area contributed by atoms with E-state index in [9.17, 15) is 14.0 Å². The summed E-state index contributed by atoms with van der Waals surface area (Å²) in [5.41, 5.74) is 0.651. The first kappa shape index (κ1) is 21.2. The molecule has 2 N–H and O–H groups in total. The van der Waals surface area contributed by atoms with Gasteiger partial charge in [0, 0.05) is 24.7 Å². The lowest BCUT2D eigenvalue weighted by Crippen LogP contribution is -2.31. The zero-order chi connectivity index (χ0) is 20.5. The smallest absolute Gasteiger partial charge is 0.269 e. The van der Waals surface area contributed by atoms with Crippen LogP contribution in [0.25, 0.3) is 0 Å². The summed E-state index contributed by atoms with van der Waals surface area (Å²) in [4.78, 5) is 27.8. The molecule has 28 heavy (non-hydrogen) atoms. The molecule has 0 saturated heterocycles. The number of carbonyl (C=O) groups excluding carboxylic acids is 2. The molecule has 0 radical (unpaired) electrons. The van der Waals surface area contributed by atoms with Crippen LogP contribution in [-0.2, 0) is 4.79 Å². The minimum atomic E-state index is -0.633. The van der Waals surface area contributed by atoms with Crippen LogP contribution in [0.3, 0.4) is 0 Å². The van der Waals surface area contributed by atoms with Gasteiger partial charge in [0.25, 0.3) is 11.8 Å². The number of hydrogen-bond acceptors (Lipinski definition) is 5. The van der Waals surface area contributed by atoms with Gasteiger partial charge in [-0.2, -0.15) is 0 Å². The maximum Gasteiger partial charge on any atom is 0.269 e. The number of benzene rings is 1. The van der Waals surface area contributed by atoms with Crippen LogP contribution in [0.5, 0.6) is 11.5 Å². The van der Waals surface area contributed by atoms with Gasteiger partial charge in [0.05, 0.1) is 18.3 Å². The van der Waals surface area contributed by atoms with Crippen molar-refractivity contribution >= 4 is 23.4 Å². The number of pyridine rings is 1. The van der Waals surface area contributed by atoms with Crippen molar-refractivity contribution in [2.24, 2.45) is 0 Å². The van der Waals surface area contributed by atoms with Crippen LogP contribution in [0.1, 0.15) is 16.9 Å². The molecule has 2 amide bonds. The fourth-order valence-electron chi connectivity index (χ4n) is 2.06. The summed E-state index contributed by atoms with van der Waals surface area (Å²) in [7, 11) is 1.51. The molecule has 1 aromatic carbocycles. The number of amides is 2. The number of carbonyl (C=O) groups is 2. The second kappa shape index (κ2) is 10.3. The molecule has 0 fully saturated rings. The van der Waals surface area contributed by atoms with Crippen molar-refractivity contribution in [2.45, 2.75) is 6.42 Å². The van der Waals surface area contributed by atoms with Crippen LogP contribution in [0.4, 0.5) is 4.39 Å². The number of nitrogens with zero attached hydrogens (tertiary/aromatic N) is 1. The molecule has 0 aliphatic rings. The van der Waals surface area contributed by atoms with Crippen LogP contribution >= 0.6 is 11.6 Å². The Balaban J connectivity index is 1.68. The van der Waals surface area contributed by atoms with Crippen molar-refractivity contribution in [3.63, 3.8) is 0 Å². The summed E-state index contributed by atoms with van der Waals surface area (Å²) >= 11 is 5.57. The molecule has 2 aromatic rings. The van der Waals surface area contributed by atoms with Gasteiger partial charge >= 0.3 is 0 Å². The maximum atomic E-state index is 13.3. The highest BCUT2D eigenvalue weighted by atomic mass is 35.5. The largest absolute Gasteiger partial charge is 0.495 e. The first-order valence-corrected chi connectivity index (χ1v) is 8.60. The van der Waals surface area contributed by atoms with Crippen molar-refractivity contribution in [1.29, 1.82) is 0 Å². The first-order valence-electron chi connectivity index (χ1n) is 8.22. The number of ether oxygens (including phenoxy) is 2. The van der Waals surface area contributed by atoms with E-state index in [1.165, 1.54) is 25.4 Å². The molecule has 1 heterocycles. The molecule has 0 aliphatic heterocycles. The van der Waals surface area contributed by atoms with Crippen molar-refractivity contribution in [2.75, 3.05) is 20.3 Å². The van der Waals surface area contributed by atoms with Gasteiger partial charge < -0.3 is 20.1 Å². The highest BCUT2D eigenvalue weighted by Crippen LogP contribution is 2.20. The van der Waals surface area contributed by atoms with Crippen LogP contribution in [0.15, 0.2) is 48.8 Å². The maximum absolute atomic E-state index is 13.3. The molecule has 148 valence electrons. The Morgan fingerprint density at radius 2 is 2.00 bits per heavy atom. The predicted molar refractivity (Wildman–Crippen MR) is 102 cm³/mol. The number of nitrogens with one attached hydrogen (secondary N) is 2. The van der Waals surface area contributed by atoms with E-state index in [1.807, 2.05) is 0 Å². The topological polar surface area (TPSA) is 89.5 Å². The Kier molecular flexibility index (Phi) is 7.76. The van der Waals surface area contributed by atoms with E-state index in [0.29, 0.717) is 17.9 Å². The van der Waals surface area contributed by atoms with Gasteiger partial charge in [-0.1, -0.05) is 18.2 Å². The molecular weight excluding hydrogens is 389 g/mol. The standard InChI is InChI=1S/C19H19ClFN3O4/c1-12(7-8-22-19(26)17-6-4-14(27-2)10-23-17)24-18(25)11-28-13-3-5-15(20)16(21)9-13/h3-6,9-10H,1,7-8,11H2,2H3,(H,22,26)(H,24,25). The minimum Gasteiger partial charge on any atom is -0.495 e. The summed E-state index contributed by atoms with van der Waals surface area (Å²) in [5, 5.41) is 5.18. The van der Waals surface area contributed by atoms with Gasteiger partial charge in [0.1, 0.15) is 23.0 Å². The Bertz CT molecular complexity index is 859. The molecule has 0 aliphatic carbocycles. The summed E-state index contributed by atoms with van der Waals surface area (Å²) in [6.45, 7) is 3.66. The second-order valence-electron chi connectivity index (χ2n) is 5.61. The Hall–Kier alpha value is -3.13. The Morgan fingerprint density at radius 1 is 1.25 bits per heavy atom. The SMILES string of the molecule is C=C(CCNC(=O)c1ccc(OC)cn1)NC(=O)COc1ccc(Cl)c(F)c1. The fourth-order valence-corrected chi connectivity index (χ4v) is 2.18. The van der Waals surface area contributed by atoms with E-state index in [-0.39, 0.29) is 35.5 Å². The van der Waals surface area contributed by atoms with Crippen molar-refractivity contribution in [3.8, 4) is 11.5 Å². The second-order valence-corrected chi connectivity index (χ2v) is 6.01. The molecule has 2 rings (SSSR count). The van der Waals surface area contributed by atoms with Gasteiger partial charge in [-0.3, -0.25) is 9.59 Å². The summed E-state index contributed by atoms with van der Waals surface area (Å²) in [6.07, 6.45) is 1.77. The van der Waals surface area contributed by atoms with E-state index < -0.39 is 11.7 Å². The molecule has 9 heteroatoms. The summed E-state index contributed by atoms with van der Waals surface area (Å²) in [5.74, 6) is -0.706. The normalized spacial score (nSPS) is 10.1. The van der Waals surface area contributed by atoms with Gasteiger partial charge in [-0.05, 0) is 24.3 Å². The van der Waals surface area contributed by atoms with E-state index in [4.69, 9.17) is 21.1 Å². The van der Waals surface area contributed by atoms with Gasteiger partial charge in [0.2, 0.25) is 0 Å². The van der Waals surface area contributed by atoms with E-state index >= 15 is 0 Å². The number of hydrogen-bond donors (Lipinski definition) is 2. The van der Waals surface area contributed by atoms with E-state index in [0.717, 1.165) is 6.07 Å². The third kappa shape index (κ3) is 6.55. The monoisotopic (exact) mass is 407 g/mol. The third-order valence-corrected chi connectivity index (χ3v) is 3.80. The summed E-state index contributed by atoms with van der Waals surface area (Å²) < 4.78 is 23.5. The molecule has 0 atom stereocenters. The molecule has 0 spiro atoms. The van der Waals surface area contributed by atoms with E-state index in [1.54, 1.807) is 12.1 Å². The molecule has 1 aromatic heterocycles.